The molecule has 0 aliphatic heterocycles. The van der Waals surface area contributed by atoms with E-state index >= 15 is 0 Å². The molecular weight excluding hydrogens is 340 g/mol. The van der Waals surface area contributed by atoms with Gasteiger partial charge in [0.2, 0.25) is 0 Å². The number of benzene rings is 1. The average Bonchev–Trinajstić information content (AvgIpc) is 2.85. The van der Waals surface area contributed by atoms with Crippen molar-refractivity contribution in [2.75, 3.05) is 0 Å². The molecule has 0 saturated carbocycles. The standard InChI is InChI=1S/C16H18BrClS/c1-4-16(2,3)13-7-5-11(6-8-13)15(18)12-9-14(17)19-10-12/h5-10,15H,4H2,1-3H3. The Morgan fingerprint density at radius 3 is 2.32 bits per heavy atom. The average molecular weight is 358 g/mol. The van der Waals surface area contributed by atoms with Crippen LogP contribution >= 0.6 is 38.9 Å². The highest BCUT2D eigenvalue weighted by atomic mass is 79.9. The van der Waals surface area contributed by atoms with E-state index in [0.717, 1.165) is 21.3 Å². The van der Waals surface area contributed by atoms with Crippen LogP contribution in [-0.4, -0.2) is 0 Å². The van der Waals surface area contributed by atoms with Crippen LogP contribution in [0.25, 0.3) is 0 Å². The van der Waals surface area contributed by atoms with Crippen molar-refractivity contribution in [2.24, 2.45) is 0 Å². The van der Waals surface area contributed by atoms with Crippen LogP contribution in [0.15, 0.2) is 39.5 Å². The quantitative estimate of drug-likeness (QED) is 0.546. The van der Waals surface area contributed by atoms with E-state index in [1.807, 2.05) is 0 Å². The molecule has 0 nitrogen and oxygen atoms in total. The molecule has 0 aliphatic rings. The second kappa shape index (κ2) is 5.99. The van der Waals surface area contributed by atoms with Gasteiger partial charge >= 0.3 is 0 Å². The predicted molar refractivity (Wildman–Crippen MR) is 89.5 cm³/mol. The molecule has 0 N–H and O–H groups in total. The highest BCUT2D eigenvalue weighted by molar-refractivity contribution is 9.11. The maximum Gasteiger partial charge on any atom is 0.0843 e. The second-order valence-electron chi connectivity index (χ2n) is 5.41. The largest absolute Gasteiger partial charge is 0.136 e. The van der Waals surface area contributed by atoms with Crippen LogP contribution in [0, 0.1) is 0 Å². The normalized spacial score (nSPS) is 13.5. The number of thiophene rings is 1. The van der Waals surface area contributed by atoms with Gasteiger partial charge in [-0.05, 0) is 55.9 Å². The molecule has 1 aromatic heterocycles. The van der Waals surface area contributed by atoms with E-state index in [0.29, 0.717) is 0 Å². The highest BCUT2D eigenvalue weighted by Crippen LogP contribution is 2.35. The molecule has 2 rings (SSSR count). The first-order chi connectivity index (χ1) is 8.94. The van der Waals surface area contributed by atoms with Gasteiger partial charge in [0, 0.05) is 0 Å². The van der Waals surface area contributed by atoms with Crippen molar-refractivity contribution in [3.05, 3.63) is 56.2 Å². The molecule has 19 heavy (non-hydrogen) atoms. The Morgan fingerprint density at radius 2 is 1.84 bits per heavy atom. The molecule has 0 aliphatic carbocycles. The van der Waals surface area contributed by atoms with Crippen molar-refractivity contribution < 1.29 is 0 Å². The van der Waals surface area contributed by atoms with Crippen LogP contribution in [0.1, 0.15) is 49.3 Å². The van der Waals surface area contributed by atoms with Gasteiger partial charge in [-0.2, -0.15) is 0 Å². The molecule has 102 valence electrons. The molecule has 0 bridgehead atoms. The number of hydrogen-bond acceptors (Lipinski definition) is 1. The van der Waals surface area contributed by atoms with Gasteiger partial charge in [-0.15, -0.1) is 22.9 Å². The molecule has 0 fully saturated rings. The zero-order valence-corrected chi connectivity index (χ0v) is 14.6. The molecule has 1 unspecified atom stereocenters. The number of rotatable bonds is 4. The van der Waals surface area contributed by atoms with Crippen LogP contribution in [0.4, 0.5) is 0 Å². The zero-order valence-electron chi connectivity index (χ0n) is 11.4. The molecule has 0 saturated heterocycles. The van der Waals surface area contributed by atoms with Crippen molar-refractivity contribution in [1.29, 1.82) is 0 Å². The van der Waals surface area contributed by atoms with Gasteiger partial charge in [0.15, 0.2) is 0 Å². The Morgan fingerprint density at radius 1 is 1.21 bits per heavy atom. The second-order valence-corrected chi connectivity index (χ2v) is 8.13. The Bertz CT molecular complexity index is 542. The van der Waals surface area contributed by atoms with Crippen molar-refractivity contribution in [3.8, 4) is 0 Å². The fourth-order valence-electron chi connectivity index (χ4n) is 1.96. The van der Waals surface area contributed by atoms with Crippen LogP contribution < -0.4 is 0 Å². The van der Waals surface area contributed by atoms with Gasteiger partial charge in [-0.25, -0.2) is 0 Å². The number of alkyl halides is 1. The zero-order chi connectivity index (χ0) is 14.0. The first-order valence-electron chi connectivity index (χ1n) is 6.42. The minimum Gasteiger partial charge on any atom is -0.136 e. The van der Waals surface area contributed by atoms with E-state index in [9.17, 15) is 0 Å². The SMILES string of the molecule is CCC(C)(C)c1ccc(C(Cl)c2csc(Br)c2)cc1. The smallest absolute Gasteiger partial charge is 0.0843 e. The van der Waals surface area contributed by atoms with E-state index in [-0.39, 0.29) is 10.8 Å². The molecule has 1 atom stereocenters. The van der Waals surface area contributed by atoms with Crippen LogP contribution in [0.3, 0.4) is 0 Å². The summed E-state index contributed by atoms with van der Waals surface area (Å²) in [5, 5.41) is 2.03. The van der Waals surface area contributed by atoms with Gasteiger partial charge in [-0.1, -0.05) is 45.0 Å². The molecule has 3 heteroatoms. The first-order valence-corrected chi connectivity index (χ1v) is 8.53. The Kier molecular flexibility index (Phi) is 4.75. The van der Waals surface area contributed by atoms with Gasteiger partial charge in [-0.3, -0.25) is 0 Å². The Hall–Kier alpha value is -0.310. The summed E-state index contributed by atoms with van der Waals surface area (Å²) in [5.74, 6) is 0. The van der Waals surface area contributed by atoms with Gasteiger partial charge in [0.1, 0.15) is 0 Å². The van der Waals surface area contributed by atoms with Crippen LogP contribution in [0.5, 0.6) is 0 Å². The van der Waals surface area contributed by atoms with Crippen molar-refractivity contribution in [2.45, 2.75) is 38.0 Å². The van der Waals surface area contributed by atoms with Gasteiger partial charge in [0.25, 0.3) is 0 Å². The lowest BCUT2D eigenvalue weighted by molar-refractivity contribution is 0.506. The van der Waals surface area contributed by atoms with Crippen molar-refractivity contribution in [3.63, 3.8) is 0 Å². The minimum atomic E-state index is -0.0682. The van der Waals surface area contributed by atoms with E-state index in [2.05, 4.69) is 72.4 Å². The molecule has 0 spiro atoms. The third kappa shape index (κ3) is 3.42. The Labute approximate surface area is 132 Å². The van der Waals surface area contributed by atoms with E-state index in [4.69, 9.17) is 11.6 Å². The van der Waals surface area contributed by atoms with E-state index in [1.54, 1.807) is 11.3 Å². The summed E-state index contributed by atoms with van der Waals surface area (Å²) in [5.41, 5.74) is 3.91. The summed E-state index contributed by atoms with van der Waals surface area (Å²) in [6.45, 7) is 6.77. The molecule has 0 amide bonds. The molecule has 1 aromatic carbocycles. The van der Waals surface area contributed by atoms with E-state index < -0.39 is 0 Å². The lowest BCUT2D eigenvalue weighted by atomic mass is 9.82. The summed E-state index contributed by atoms with van der Waals surface area (Å²) < 4.78 is 1.12. The van der Waals surface area contributed by atoms with Gasteiger partial charge in [0.05, 0.1) is 9.16 Å². The molecule has 0 radical (unpaired) electrons. The van der Waals surface area contributed by atoms with Gasteiger partial charge < -0.3 is 0 Å². The first kappa shape index (κ1) is 15.1. The summed E-state index contributed by atoms with van der Waals surface area (Å²) in [6.07, 6.45) is 1.13. The molecular formula is C16H18BrClS. The summed E-state index contributed by atoms with van der Waals surface area (Å²) in [6, 6.07) is 10.8. The maximum absolute atomic E-state index is 6.53. The lowest BCUT2D eigenvalue weighted by Crippen LogP contribution is -2.15. The summed E-state index contributed by atoms with van der Waals surface area (Å²) in [4.78, 5) is 0. The van der Waals surface area contributed by atoms with Crippen molar-refractivity contribution >= 4 is 38.9 Å². The van der Waals surface area contributed by atoms with Crippen LogP contribution in [-0.2, 0) is 5.41 Å². The lowest BCUT2D eigenvalue weighted by Gasteiger charge is -2.23. The predicted octanol–water partition coefficient (Wildman–Crippen LogP) is 6.53. The summed E-state index contributed by atoms with van der Waals surface area (Å²) in [7, 11) is 0. The topological polar surface area (TPSA) is 0 Å². The van der Waals surface area contributed by atoms with E-state index in [1.165, 1.54) is 5.56 Å². The molecule has 1 heterocycles. The number of halogens is 2. The third-order valence-electron chi connectivity index (χ3n) is 3.75. The van der Waals surface area contributed by atoms with Crippen molar-refractivity contribution in [1.82, 2.24) is 0 Å². The monoisotopic (exact) mass is 356 g/mol. The maximum atomic E-state index is 6.53. The fraction of sp³-hybridized carbons (Fsp3) is 0.375. The molecule has 2 aromatic rings. The third-order valence-corrected chi connectivity index (χ3v) is 5.78. The van der Waals surface area contributed by atoms with Crippen LogP contribution in [0.2, 0.25) is 0 Å². The Balaban J connectivity index is 2.23. The summed E-state index contributed by atoms with van der Waals surface area (Å²) >= 11 is 11.7. The minimum absolute atomic E-state index is 0.0682. The highest BCUT2D eigenvalue weighted by Gasteiger charge is 2.19. The number of hydrogen-bond donors (Lipinski definition) is 0. The fourth-order valence-corrected chi connectivity index (χ4v) is 3.50.